The maximum Gasteiger partial charge on any atom is 0.244 e. The number of aromatic nitrogens is 4. The van der Waals surface area contributed by atoms with Gasteiger partial charge in [0.25, 0.3) is 0 Å². The van der Waals surface area contributed by atoms with Crippen LogP contribution in [0.25, 0.3) is 11.1 Å². The summed E-state index contributed by atoms with van der Waals surface area (Å²) in [5.41, 5.74) is 2.80. The second-order valence-corrected chi connectivity index (χ2v) is 7.48. The van der Waals surface area contributed by atoms with Crippen LogP contribution in [0.3, 0.4) is 0 Å². The third-order valence-corrected chi connectivity index (χ3v) is 5.18. The summed E-state index contributed by atoms with van der Waals surface area (Å²) < 4.78 is 7.51. The quantitative estimate of drug-likeness (QED) is 0.659. The Labute approximate surface area is 174 Å². The average molecular weight is 412 g/mol. The fourth-order valence-electron chi connectivity index (χ4n) is 3.43. The number of morpholine rings is 1. The number of pyridine rings is 1. The van der Waals surface area contributed by atoms with E-state index < -0.39 is 0 Å². The van der Waals surface area contributed by atoms with Crippen molar-refractivity contribution in [1.82, 2.24) is 24.6 Å². The summed E-state index contributed by atoms with van der Waals surface area (Å²) in [5.74, 6) is 1.40. The van der Waals surface area contributed by atoms with E-state index in [0.717, 1.165) is 22.6 Å². The zero-order valence-corrected chi connectivity index (χ0v) is 17.1. The van der Waals surface area contributed by atoms with Crippen molar-refractivity contribution >= 4 is 17.5 Å². The number of rotatable bonds is 4. The van der Waals surface area contributed by atoms with Gasteiger partial charge in [0.05, 0.1) is 18.8 Å². The first-order valence-electron chi connectivity index (χ1n) is 9.49. The van der Waals surface area contributed by atoms with Crippen molar-refractivity contribution in [3.8, 4) is 11.1 Å². The highest BCUT2D eigenvalue weighted by Gasteiger charge is 2.26. The molecule has 1 aromatic carbocycles. The van der Waals surface area contributed by atoms with E-state index in [0.29, 0.717) is 30.5 Å². The van der Waals surface area contributed by atoms with Gasteiger partial charge in [0.15, 0.2) is 0 Å². The molecule has 29 heavy (non-hydrogen) atoms. The Kier molecular flexibility index (Phi) is 5.60. The molecule has 1 amide bonds. The molecule has 4 rings (SSSR count). The van der Waals surface area contributed by atoms with E-state index in [2.05, 4.69) is 15.1 Å². The Balaban J connectivity index is 1.44. The molecule has 0 spiro atoms. The Morgan fingerprint density at radius 2 is 2.10 bits per heavy atom. The molecule has 0 N–H and O–H groups in total. The number of hydrogen-bond donors (Lipinski definition) is 0. The summed E-state index contributed by atoms with van der Waals surface area (Å²) >= 11 is 6.07. The molecular weight excluding hydrogens is 390 g/mol. The number of ether oxygens (including phenoxy) is 1. The summed E-state index contributed by atoms with van der Waals surface area (Å²) in [7, 11) is 0. The first kappa shape index (κ1) is 19.5. The van der Waals surface area contributed by atoms with E-state index in [1.54, 1.807) is 9.58 Å². The van der Waals surface area contributed by atoms with Gasteiger partial charge in [0.1, 0.15) is 24.3 Å². The van der Waals surface area contributed by atoms with Crippen LogP contribution in [0.4, 0.5) is 0 Å². The van der Waals surface area contributed by atoms with Crippen LogP contribution < -0.4 is 0 Å². The van der Waals surface area contributed by atoms with Gasteiger partial charge in [-0.15, -0.1) is 0 Å². The van der Waals surface area contributed by atoms with Gasteiger partial charge < -0.3 is 9.64 Å². The number of hydrogen-bond acceptors (Lipinski definition) is 5. The lowest BCUT2D eigenvalue weighted by atomic mass is 10.1. The number of aryl methyl sites for hydroxylation is 2. The minimum absolute atomic E-state index is 0.00171. The van der Waals surface area contributed by atoms with Gasteiger partial charge in [-0.3, -0.25) is 9.78 Å². The molecule has 0 aliphatic carbocycles. The lowest BCUT2D eigenvalue weighted by Crippen LogP contribution is -2.44. The fourth-order valence-corrected chi connectivity index (χ4v) is 3.62. The van der Waals surface area contributed by atoms with Crippen LogP contribution in [0.1, 0.15) is 23.4 Å². The SMILES string of the molecule is Cc1nc(C)n(CC(=O)N2CCO[C@H](c3ccc(-c4cccc(Cl)c4)cn3)C2)n1. The smallest absolute Gasteiger partial charge is 0.244 e. The van der Waals surface area contributed by atoms with E-state index in [1.807, 2.05) is 56.4 Å². The molecule has 1 saturated heterocycles. The molecule has 0 saturated carbocycles. The van der Waals surface area contributed by atoms with Crippen LogP contribution in [-0.4, -0.2) is 50.3 Å². The minimum Gasteiger partial charge on any atom is -0.368 e. The van der Waals surface area contributed by atoms with Crippen molar-refractivity contribution < 1.29 is 9.53 Å². The zero-order chi connectivity index (χ0) is 20.4. The molecule has 0 unspecified atom stereocenters. The highest BCUT2D eigenvalue weighted by Crippen LogP contribution is 2.25. The van der Waals surface area contributed by atoms with Crippen LogP contribution in [0, 0.1) is 13.8 Å². The number of amides is 1. The first-order valence-corrected chi connectivity index (χ1v) is 9.87. The van der Waals surface area contributed by atoms with Gasteiger partial charge in [-0.05, 0) is 37.6 Å². The third-order valence-electron chi connectivity index (χ3n) is 4.94. The average Bonchev–Trinajstić information content (AvgIpc) is 3.05. The lowest BCUT2D eigenvalue weighted by molar-refractivity contribution is -0.140. The summed E-state index contributed by atoms with van der Waals surface area (Å²) in [6.45, 7) is 5.35. The van der Waals surface area contributed by atoms with Gasteiger partial charge >= 0.3 is 0 Å². The van der Waals surface area contributed by atoms with E-state index in [1.165, 1.54) is 0 Å². The lowest BCUT2D eigenvalue weighted by Gasteiger charge is -2.32. The van der Waals surface area contributed by atoms with Crippen molar-refractivity contribution in [2.75, 3.05) is 19.7 Å². The number of halogens is 1. The van der Waals surface area contributed by atoms with E-state index in [9.17, 15) is 4.79 Å². The van der Waals surface area contributed by atoms with E-state index >= 15 is 0 Å². The van der Waals surface area contributed by atoms with Crippen LogP contribution >= 0.6 is 11.6 Å². The highest BCUT2D eigenvalue weighted by molar-refractivity contribution is 6.30. The van der Waals surface area contributed by atoms with Crippen LogP contribution in [0.15, 0.2) is 42.6 Å². The molecule has 2 aromatic heterocycles. The van der Waals surface area contributed by atoms with Crippen LogP contribution in [0.2, 0.25) is 5.02 Å². The predicted octanol–water partition coefficient (Wildman–Crippen LogP) is 3.21. The Morgan fingerprint density at radius 1 is 1.24 bits per heavy atom. The summed E-state index contributed by atoms with van der Waals surface area (Å²) in [4.78, 5) is 23.3. The normalized spacial score (nSPS) is 16.8. The highest BCUT2D eigenvalue weighted by atomic mass is 35.5. The summed E-state index contributed by atoms with van der Waals surface area (Å²) in [5, 5.41) is 4.96. The molecule has 8 heteroatoms. The third kappa shape index (κ3) is 4.46. The van der Waals surface area contributed by atoms with Crippen molar-refractivity contribution in [3.05, 3.63) is 65.0 Å². The molecule has 150 valence electrons. The second kappa shape index (κ2) is 8.31. The maximum absolute atomic E-state index is 12.7. The van der Waals surface area contributed by atoms with Crippen molar-refractivity contribution in [3.63, 3.8) is 0 Å². The maximum atomic E-state index is 12.7. The molecule has 1 aliphatic heterocycles. The topological polar surface area (TPSA) is 73.1 Å². The van der Waals surface area contributed by atoms with Gasteiger partial charge in [0.2, 0.25) is 5.91 Å². The molecule has 0 bridgehead atoms. The Morgan fingerprint density at radius 3 is 2.79 bits per heavy atom. The molecule has 1 atom stereocenters. The second-order valence-electron chi connectivity index (χ2n) is 7.05. The van der Waals surface area contributed by atoms with E-state index in [-0.39, 0.29) is 18.6 Å². The number of benzene rings is 1. The standard InChI is InChI=1S/C21H22ClN5O2/c1-14-24-15(2)27(25-14)13-21(28)26-8-9-29-20(12-26)19-7-6-17(11-23-19)16-4-3-5-18(22)10-16/h3-7,10-11,20H,8-9,12-13H2,1-2H3/t20-/m0/s1. The predicted molar refractivity (Wildman–Crippen MR) is 109 cm³/mol. The summed E-state index contributed by atoms with van der Waals surface area (Å²) in [6.07, 6.45) is 1.56. The first-order chi connectivity index (χ1) is 14.0. The largest absolute Gasteiger partial charge is 0.368 e. The summed E-state index contributed by atoms with van der Waals surface area (Å²) in [6, 6.07) is 11.6. The van der Waals surface area contributed by atoms with Crippen molar-refractivity contribution in [2.45, 2.75) is 26.5 Å². The Bertz CT molecular complexity index is 1020. The van der Waals surface area contributed by atoms with Crippen molar-refractivity contribution in [2.24, 2.45) is 0 Å². The van der Waals surface area contributed by atoms with Gasteiger partial charge in [-0.2, -0.15) is 5.10 Å². The molecule has 7 nitrogen and oxygen atoms in total. The number of carbonyl (C=O) groups is 1. The van der Waals surface area contributed by atoms with Gasteiger partial charge in [-0.25, -0.2) is 9.67 Å². The van der Waals surface area contributed by atoms with Gasteiger partial charge in [0, 0.05) is 23.3 Å². The molecule has 0 radical (unpaired) electrons. The number of carbonyl (C=O) groups excluding carboxylic acids is 1. The fraction of sp³-hybridized carbons (Fsp3) is 0.333. The molecule has 1 fully saturated rings. The van der Waals surface area contributed by atoms with Crippen molar-refractivity contribution in [1.29, 1.82) is 0 Å². The van der Waals surface area contributed by atoms with Gasteiger partial charge in [-0.1, -0.05) is 29.8 Å². The molecule has 1 aliphatic rings. The van der Waals surface area contributed by atoms with Crippen LogP contribution in [-0.2, 0) is 16.1 Å². The number of nitrogens with zero attached hydrogens (tertiary/aromatic N) is 5. The molecule has 3 aromatic rings. The monoisotopic (exact) mass is 411 g/mol. The molecular formula is C21H22ClN5O2. The molecule has 3 heterocycles. The van der Waals surface area contributed by atoms with E-state index in [4.69, 9.17) is 16.3 Å². The Hall–Kier alpha value is -2.77. The minimum atomic E-state index is -0.250. The zero-order valence-electron chi connectivity index (χ0n) is 16.4. The van der Waals surface area contributed by atoms with Crippen LogP contribution in [0.5, 0.6) is 0 Å².